The Morgan fingerprint density at radius 3 is 2.57 bits per heavy atom. The van der Waals surface area contributed by atoms with Gasteiger partial charge in [-0.05, 0) is 30.3 Å². The summed E-state index contributed by atoms with van der Waals surface area (Å²) < 4.78 is 23.3. The Morgan fingerprint density at radius 2 is 1.95 bits per heavy atom. The molecule has 0 atom stereocenters. The molecule has 0 saturated carbocycles. The lowest BCUT2D eigenvalue weighted by atomic mass is 10.1. The lowest BCUT2D eigenvalue weighted by molar-refractivity contribution is 0.102. The summed E-state index contributed by atoms with van der Waals surface area (Å²) in [4.78, 5) is 12.3. The van der Waals surface area contributed by atoms with Crippen LogP contribution in [0.2, 0.25) is 0 Å². The molecule has 0 aromatic heterocycles. The van der Waals surface area contributed by atoms with Crippen molar-refractivity contribution in [2.45, 2.75) is 0 Å². The summed E-state index contributed by atoms with van der Waals surface area (Å²) in [5.41, 5.74) is 6.42. The van der Waals surface area contributed by atoms with Crippen LogP contribution in [0.25, 0.3) is 0 Å². The number of anilines is 2. The average Bonchev–Trinajstić information content (AvgIpc) is 2.49. The van der Waals surface area contributed by atoms with Crippen molar-refractivity contribution in [2.24, 2.45) is 0 Å². The van der Waals surface area contributed by atoms with Crippen molar-refractivity contribution in [3.05, 3.63) is 47.8 Å². The number of nitrogens with two attached hydrogens (primary N) is 1. The van der Waals surface area contributed by atoms with Gasteiger partial charge in [0.1, 0.15) is 5.82 Å². The highest BCUT2D eigenvalue weighted by atomic mass is 19.1. The Bertz CT molecular complexity index is 674. The molecule has 0 heterocycles. The highest BCUT2D eigenvalue weighted by Crippen LogP contribution is 2.31. The Balaban J connectivity index is 2.32. The molecule has 0 bridgehead atoms. The molecule has 0 spiro atoms. The maximum absolute atomic E-state index is 13.0. The van der Waals surface area contributed by atoms with Gasteiger partial charge in [0.2, 0.25) is 0 Å². The van der Waals surface area contributed by atoms with Gasteiger partial charge in [0, 0.05) is 0 Å². The van der Waals surface area contributed by atoms with Crippen LogP contribution in [0, 0.1) is 5.82 Å². The first kappa shape index (κ1) is 14.6. The number of carbonyl (C=O) groups is 1. The van der Waals surface area contributed by atoms with Crippen molar-refractivity contribution in [3.8, 4) is 11.5 Å². The second kappa shape index (κ2) is 6.13. The summed E-state index contributed by atoms with van der Waals surface area (Å²) in [7, 11) is 2.93. The number of hydrogen-bond acceptors (Lipinski definition) is 4. The zero-order valence-corrected chi connectivity index (χ0v) is 11.6. The van der Waals surface area contributed by atoms with Crippen molar-refractivity contribution in [1.29, 1.82) is 0 Å². The van der Waals surface area contributed by atoms with Crippen LogP contribution in [-0.2, 0) is 0 Å². The summed E-state index contributed by atoms with van der Waals surface area (Å²) in [6.07, 6.45) is 0. The largest absolute Gasteiger partial charge is 0.493 e. The van der Waals surface area contributed by atoms with Gasteiger partial charge in [0.15, 0.2) is 11.5 Å². The lowest BCUT2D eigenvalue weighted by Gasteiger charge is -2.13. The van der Waals surface area contributed by atoms with Crippen molar-refractivity contribution in [1.82, 2.24) is 0 Å². The molecule has 2 aromatic carbocycles. The smallest absolute Gasteiger partial charge is 0.259 e. The number of para-hydroxylation sites is 1. The summed E-state index contributed by atoms with van der Waals surface area (Å²) in [5, 5.41) is 2.61. The number of methoxy groups -OCH3 is 2. The average molecular weight is 290 g/mol. The first-order chi connectivity index (χ1) is 10.1. The van der Waals surface area contributed by atoms with Gasteiger partial charge in [0.05, 0.1) is 31.2 Å². The number of halogens is 1. The van der Waals surface area contributed by atoms with Gasteiger partial charge in [-0.3, -0.25) is 4.79 Å². The molecule has 0 fully saturated rings. The van der Waals surface area contributed by atoms with E-state index < -0.39 is 11.7 Å². The third-order valence-electron chi connectivity index (χ3n) is 2.91. The standard InChI is InChI=1S/C15H15FN2O3/c1-20-13-5-3-4-10(14(13)21-2)15(19)18-12-7-6-9(16)8-11(12)17/h3-8H,17H2,1-2H3,(H,18,19). The van der Waals surface area contributed by atoms with Gasteiger partial charge in [-0.1, -0.05) is 6.07 Å². The van der Waals surface area contributed by atoms with Crippen LogP contribution in [0.15, 0.2) is 36.4 Å². The maximum Gasteiger partial charge on any atom is 0.259 e. The lowest BCUT2D eigenvalue weighted by Crippen LogP contribution is -2.14. The molecule has 5 nitrogen and oxygen atoms in total. The fourth-order valence-corrected chi connectivity index (χ4v) is 1.90. The molecule has 0 aliphatic rings. The minimum Gasteiger partial charge on any atom is -0.493 e. The van der Waals surface area contributed by atoms with Crippen LogP contribution in [-0.4, -0.2) is 20.1 Å². The first-order valence-corrected chi connectivity index (χ1v) is 6.14. The van der Waals surface area contributed by atoms with E-state index in [4.69, 9.17) is 15.2 Å². The van der Waals surface area contributed by atoms with Crippen LogP contribution >= 0.6 is 0 Å². The third kappa shape index (κ3) is 3.05. The summed E-state index contributed by atoms with van der Waals surface area (Å²) in [5.74, 6) is -0.135. The van der Waals surface area contributed by atoms with Gasteiger partial charge in [-0.25, -0.2) is 4.39 Å². The van der Waals surface area contributed by atoms with E-state index in [9.17, 15) is 9.18 Å². The number of nitrogens with one attached hydrogen (secondary N) is 1. The molecule has 1 amide bonds. The van der Waals surface area contributed by atoms with Gasteiger partial charge in [-0.15, -0.1) is 0 Å². The molecule has 0 saturated heterocycles. The highest BCUT2D eigenvalue weighted by Gasteiger charge is 2.17. The van der Waals surface area contributed by atoms with Crippen molar-refractivity contribution >= 4 is 17.3 Å². The minimum absolute atomic E-state index is 0.144. The monoisotopic (exact) mass is 290 g/mol. The topological polar surface area (TPSA) is 73.6 Å². The molecule has 0 unspecified atom stereocenters. The molecule has 21 heavy (non-hydrogen) atoms. The van der Waals surface area contributed by atoms with E-state index in [1.807, 2.05) is 0 Å². The van der Waals surface area contributed by atoms with E-state index in [0.29, 0.717) is 22.7 Å². The van der Waals surface area contributed by atoms with Crippen molar-refractivity contribution in [3.63, 3.8) is 0 Å². The van der Waals surface area contributed by atoms with E-state index in [2.05, 4.69) is 5.32 Å². The molecule has 0 aliphatic heterocycles. The number of ether oxygens (including phenoxy) is 2. The van der Waals surface area contributed by atoms with Gasteiger partial charge < -0.3 is 20.5 Å². The number of nitrogen functional groups attached to an aromatic ring is 1. The molecule has 2 aromatic rings. The Kier molecular flexibility index (Phi) is 4.27. The van der Waals surface area contributed by atoms with E-state index in [1.165, 1.54) is 26.4 Å². The van der Waals surface area contributed by atoms with Crippen LogP contribution < -0.4 is 20.5 Å². The molecule has 0 radical (unpaired) electrons. The molecule has 0 aliphatic carbocycles. The van der Waals surface area contributed by atoms with Crippen molar-refractivity contribution in [2.75, 3.05) is 25.3 Å². The molecule has 6 heteroatoms. The second-order valence-electron chi connectivity index (χ2n) is 4.23. The third-order valence-corrected chi connectivity index (χ3v) is 2.91. The molecular weight excluding hydrogens is 275 g/mol. The Hall–Kier alpha value is -2.76. The van der Waals surface area contributed by atoms with E-state index in [0.717, 1.165) is 6.07 Å². The number of amides is 1. The van der Waals surface area contributed by atoms with Gasteiger partial charge in [0.25, 0.3) is 5.91 Å². The summed E-state index contributed by atoms with van der Waals surface area (Å²) in [6.45, 7) is 0. The van der Waals surface area contributed by atoms with Crippen LogP contribution in [0.5, 0.6) is 11.5 Å². The SMILES string of the molecule is COc1cccc(C(=O)Nc2ccc(F)cc2N)c1OC. The summed E-state index contributed by atoms with van der Waals surface area (Å²) >= 11 is 0. The molecule has 110 valence electrons. The fourth-order valence-electron chi connectivity index (χ4n) is 1.90. The van der Waals surface area contributed by atoms with Crippen LogP contribution in [0.1, 0.15) is 10.4 Å². The molecule has 3 N–H and O–H groups in total. The number of hydrogen-bond donors (Lipinski definition) is 2. The van der Waals surface area contributed by atoms with E-state index in [-0.39, 0.29) is 5.69 Å². The zero-order chi connectivity index (χ0) is 15.4. The van der Waals surface area contributed by atoms with Crippen LogP contribution in [0.4, 0.5) is 15.8 Å². The molecular formula is C15H15FN2O3. The summed E-state index contributed by atoms with van der Waals surface area (Å²) in [6, 6.07) is 8.70. The fraction of sp³-hybridized carbons (Fsp3) is 0.133. The Morgan fingerprint density at radius 1 is 1.19 bits per heavy atom. The highest BCUT2D eigenvalue weighted by molar-refractivity contribution is 6.08. The van der Waals surface area contributed by atoms with E-state index in [1.54, 1.807) is 18.2 Å². The number of carbonyl (C=O) groups excluding carboxylic acids is 1. The molecule has 2 rings (SSSR count). The first-order valence-electron chi connectivity index (χ1n) is 6.14. The van der Waals surface area contributed by atoms with E-state index >= 15 is 0 Å². The van der Waals surface area contributed by atoms with Gasteiger partial charge in [-0.2, -0.15) is 0 Å². The predicted molar refractivity (Wildman–Crippen MR) is 78.3 cm³/mol. The van der Waals surface area contributed by atoms with Crippen LogP contribution in [0.3, 0.4) is 0 Å². The van der Waals surface area contributed by atoms with Crippen molar-refractivity contribution < 1.29 is 18.7 Å². The maximum atomic E-state index is 13.0. The minimum atomic E-state index is -0.468. The Labute approximate surface area is 121 Å². The number of rotatable bonds is 4. The zero-order valence-electron chi connectivity index (χ0n) is 11.6. The number of benzene rings is 2. The van der Waals surface area contributed by atoms with Gasteiger partial charge >= 0.3 is 0 Å². The predicted octanol–water partition coefficient (Wildman–Crippen LogP) is 2.68. The normalized spacial score (nSPS) is 10.0. The second-order valence-corrected chi connectivity index (χ2v) is 4.23. The quantitative estimate of drug-likeness (QED) is 0.849.